The van der Waals surface area contributed by atoms with Gasteiger partial charge in [0.2, 0.25) is 10.4 Å². The molecule has 0 fully saturated rings. The van der Waals surface area contributed by atoms with Crippen LogP contribution in [0, 0.1) is 13.0 Å². The van der Waals surface area contributed by atoms with E-state index in [1.54, 1.807) is 0 Å². The second-order valence-corrected chi connectivity index (χ2v) is 15.7. The number of benzene rings is 4. The summed E-state index contributed by atoms with van der Waals surface area (Å²) in [7, 11) is -20.7. The molecule has 0 aromatic heterocycles. The summed E-state index contributed by atoms with van der Waals surface area (Å²) in [6.45, 7) is 3.27. The van der Waals surface area contributed by atoms with Crippen molar-refractivity contribution in [1.29, 1.82) is 0 Å². The summed E-state index contributed by atoms with van der Waals surface area (Å²) in [5.41, 5.74) is -1.10. The van der Waals surface area contributed by atoms with Crippen molar-refractivity contribution in [2.24, 2.45) is 20.5 Å². The molecule has 0 amide bonds. The van der Waals surface area contributed by atoms with E-state index in [2.05, 4.69) is 38.8 Å². The zero-order valence-electron chi connectivity index (χ0n) is 30.9. The van der Waals surface area contributed by atoms with Crippen LogP contribution in [-0.2, 0) is 68.1 Å². The zero-order valence-corrected chi connectivity index (χ0v) is 43.9. The van der Waals surface area contributed by atoms with Gasteiger partial charge in [-0.3, -0.25) is 4.55 Å². The number of methoxy groups -OCH3 is 1. The minimum atomic E-state index is -5.28. The van der Waals surface area contributed by atoms with Crippen molar-refractivity contribution in [2.75, 3.05) is 24.1 Å². The molecule has 1 radical (unpaired) electrons. The maximum atomic E-state index is 12.2. The van der Waals surface area contributed by atoms with Crippen LogP contribution in [-0.4, -0.2) is 93.5 Å². The average molecular weight is 1010 g/mol. The Kier molecular flexibility index (Phi) is 31.0. The van der Waals surface area contributed by atoms with Crippen LogP contribution in [0.1, 0.15) is 0 Å². The number of azo groups is 2. The summed E-state index contributed by atoms with van der Waals surface area (Å²) in [5, 5.41) is 39.0. The number of fused-ring (bicyclic) bond motifs is 1. The number of nitrogens with one attached hydrogen (secondary N) is 1. The van der Waals surface area contributed by atoms with Gasteiger partial charge < -0.3 is 40.8 Å². The monoisotopic (exact) mass is 1010 g/mol. The number of phenolic OH excluding ortho intramolecular Hbond substituents is 2. The number of aromatic hydroxyl groups is 2. The number of hydrogen-bond donors (Lipinski definition) is 4. The van der Waals surface area contributed by atoms with Gasteiger partial charge >= 0.3 is 129 Å². The Morgan fingerprint density at radius 1 is 0.797 bits per heavy atom. The Bertz CT molecular complexity index is 2680. The number of phenols is 2. The van der Waals surface area contributed by atoms with Crippen molar-refractivity contribution in [1.82, 2.24) is 0 Å². The molecule has 33 heteroatoms. The summed E-state index contributed by atoms with van der Waals surface area (Å²) in [5.74, 6) is -2.07. The Balaban J connectivity index is -0.000000978. The number of rotatable bonds is 11. The number of sulfone groups is 1. The molecule has 0 heterocycles. The van der Waals surface area contributed by atoms with Crippen LogP contribution in [0.2, 0.25) is 0 Å². The molecule has 0 atom stereocenters. The molecule has 59 heavy (non-hydrogen) atoms. The maximum absolute atomic E-state index is 12.2. The predicted octanol–water partition coefficient (Wildman–Crippen LogP) is -9.67. The topological polar surface area (TPSA) is 388 Å². The molecule has 0 unspecified atom stereocenters. The summed E-state index contributed by atoms with van der Waals surface area (Å²) in [6.07, 6.45) is 0. The molecule has 0 aliphatic heterocycles. The SMILES string of the molecule is O=S(=O)([O-])O.O=S(=O)=O.[CH2-]CS(=O)(=O)c1ccc(N=Nc2c(NCS(=O)(=O)[O-])ccc3c(O)c(N=Nc4cc(OC)ccc4O)[c-]cc23)c(S(=O)(=O)[O-])c1.[Cu].[Na+].[Na+].[Na+].[Na+]. The molecule has 305 valence electrons. The van der Waals surface area contributed by atoms with Crippen molar-refractivity contribution >= 4 is 90.3 Å². The number of hydrogen-bond acceptors (Lipinski definition) is 22. The van der Waals surface area contributed by atoms with Crippen LogP contribution in [0.25, 0.3) is 10.8 Å². The van der Waals surface area contributed by atoms with Crippen LogP contribution in [0.4, 0.5) is 28.4 Å². The third-order valence-corrected chi connectivity index (χ3v) is 8.89. The van der Waals surface area contributed by atoms with E-state index in [1.165, 1.54) is 43.5 Å². The van der Waals surface area contributed by atoms with Gasteiger partial charge in [-0.1, -0.05) is 22.6 Å². The first-order valence-corrected chi connectivity index (χ1v) is 20.4. The molecule has 0 bridgehead atoms. The molecule has 4 aromatic rings. The van der Waals surface area contributed by atoms with Crippen molar-refractivity contribution in [3.63, 3.8) is 0 Å². The van der Waals surface area contributed by atoms with Crippen LogP contribution >= 0.6 is 0 Å². The van der Waals surface area contributed by atoms with E-state index in [1.807, 2.05) is 0 Å². The summed E-state index contributed by atoms with van der Waals surface area (Å²) in [6, 6.07) is 13.2. The number of anilines is 1. The van der Waals surface area contributed by atoms with Gasteiger partial charge in [-0.25, -0.2) is 33.7 Å². The summed E-state index contributed by atoms with van der Waals surface area (Å²) >= 11 is 0. The van der Waals surface area contributed by atoms with Gasteiger partial charge in [0.05, 0.1) is 28.3 Å². The fourth-order valence-corrected chi connectivity index (χ4v) is 5.65. The minimum absolute atomic E-state index is 0. The molecular weight excluding hydrogens is 986 g/mol. The Labute approximate surface area is 438 Å². The Hall–Kier alpha value is -0.681. The average Bonchev–Trinajstić information content (AvgIpc) is 3.05. The first kappa shape index (κ1) is 64.9. The van der Waals surface area contributed by atoms with E-state index in [0.717, 1.165) is 12.1 Å². The third-order valence-electron chi connectivity index (χ3n) is 6.02. The molecule has 0 saturated carbocycles. The molecule has 4 rings (SSSR count). The third kappa shape index (κ3) is 22.5. The van der Waals surface area contributed by atoms with Crippen molar-refractivity contribution in [3.05, 3.63) is 67.6 Å². The molecule has 0 spiro atoms. The van der Waals surface area contributed by atoms with Crippen LogP contribution in [0.3, 0.4) is 0 Å². The molecular formula is C26H22CuN5Na4O18S5-. The van der Waals surface area contributed by atoms with Crippen molar-refractivity contribution < 1.29 is 215 Å². The van der Waals surface area contributed by atoms with Crippen molar-refractivity contribution in [3.8, 4) is 17.2 Å². The fourth-order valence-electron chi connectivity index (χ4n) is 3.80. The number of nitrogens with zero attached hydrogens (tertiary/aromatic N) is 4. The van der Waals surface area contributed by atoms with Crippen LogP contribution < -0.4 is 128 Å². The van der Waals surface area contributed by atoms with Gasteiger partial charge in [-0.05, 0) is 36.4 Å². The van der Waals surface area contributed by atoms with Gasteiger partial charge in [0.15, 0.2) is 9.84 Å². The fraction of sp³-hybridized carbons (Fsp3) is 0.115. The van der Waals surface area contributed by atoms with Crippen LogP contribution in [0.5, 0.6) is 17.2 Å². The summed E-state index contributed by atoms with van der Waals surface area (Å²) in [4.78, 5) is -1.52. The van der Waals surface area contributed by atoms with E-state index in [4.69, 9.17) is 34.9 Å². The Morgan fingerprint density at radius 2 is 1.34 bits per heavy atom. The van der Waals surface area contributed by atoms with E-state index in [-0.39, 0.29) is 175 Å². The van der Waals surface area contributed by atoms with E-state index >= 15 is 0 Å². The van der Waals surface area contributed by atoms with Crippen LogP contribution in [0.15, 0.2) is 84.8 Å². The molecule has 0 aliphatic rings. The van der Waals surface area contributed by atoms with Gasteiger partial charge in [0.1, 0.15) is 49.0 Å². The van der Waals surface area contributed by atoms with Gasteiger partial charge in [-0.2, -0.15) is 27.5 Å². The minimum Gasteiger partial charge on any atom is -0.747 e. The van der Waals surface area contributed by atoms with E-state index in [9.17, 15) is 44.6 Å². The molecule has 4 N–H and O–H groups in total. The summed E-state index contributed by atoms with van der Waals surface area (Å²) < 4.78 is 157. The number of ether oxygens (including phenoxy) is 1. The quantitative estimate of drug-likeness (QED) is 0.0356. The first-order chi connectivity index (χ1) is 24.8. The van der Waals surface area contributed by atoms with Crippen molar-refractivity contribution in [2.45, 2.75) is 9.79 Å². The maximum Gasteiger partial charge on any atom is 1.00 e. The second-order valence-electron chi connectivity index (χ2n) is 9.58. The van der Waals surface area contributed by atoms with E-state index in [0.29, 0.717) is 11.8 Å². The molecule has 4 aromatic carbocycles. The molecule has 23 nitrogen and oxygen atoms in total. The normalized spacial score (nSPS) is 11.1. The molecule has 0 saturated heterocycles. The van der Waals surface area contributed by atoms with Gasteiger partial charge in [0.25, 0.3) is 0 Å². The van der Waals surface area contributed by atoms with Gasteiger partial charge in [0, 0.05) is 34.6 Å². The first-order valence-electron chi connectivity index (χ1n) is 13.4. The predicted molar refractivity (Wildman–Crippen MR) is 179 cm³/mol. The largest absolute Gasteiger partial charge is 1.00 e. The standard InChI is InChI=1S/C26H23N5O11S3.Cu.4Na.H2O4S.O3S/c1-3-43(34,35)16-5-8-19(24(13-16)45(39,40)41)28-31-25-17-6-10-21(29-30-22-12-15(42-2)4-11-23(22)32)26(33)18(17)7-9-20(25)27-14-44(36,37)38;;;;;;1-5(2,3)4;1-4(2)3/h4-9,11-13,27,32-33H,1,3,14H2,2H3,(H,36,37,38)(H,39,40,41);;;;;;(H2,1,2,3,4);/q-2;;4*+1;;/p-3. The van der Waals surface area contributed by atoms with E-state index < -0.39 is 83.9 Å². The second kappa shape index (κ2) is 28.2. The zero-order chi connectivity index (χ0) is 41.2. The Morgan fingerprint density at radius 3 is 1.83 bits per heavy atom. The smallest absolute Gasteiger partial charge is 0.747 e. The van der Waals surface area contributed by atoms with Gasteiger partial charge in [-0.15, -0.1) is 17.7 Å². The molecule has 0 aliphatic carbocycles.